The maximum Gasteiger partial charge on any atom is 0.224 e. The van der Waals surface area contributed by atoms with Crippen molar-refractivity contribution in [1.82, 2.24) is 5.32 Å². The van der Waals surface area contributed by atoms with Crippen LogP contribution in [0.3, 0.4) is 0 Å². The quantitative estimate of drug-likeness (QED) is 0.847. The van der Waals surface area contributed by atoms with Gasteiger partial charge in [0.05, 0.1) is 13.5 Å². The van der Waals surface area contributed by atoms with Crippen LogP contribution in [0.25, 0.3) is 0 Å². The van der Waals surface area contributed by atoms with Crippen LogP contribution in [0.1, 0.15) is 32.8 Å². The van der Waals surface area contributed by atoms with Crippen LogP contribution in [-0.2, 0) is 11.2 Å². The maximum atomic E-state index is 13.6. The van der Waals surface area contributed by atoms with Crippen molar-refractivity contribution in [1.29, 1.82) is 0 Å². The number of hydrogen-bond acceptors (Lipinski definition) is 3. The molecule has 118 valence electrons. The van der Waals surface area contributed by atoms with E-state index in [4.69, 9.17) is 9.84 Å². The Morgan fingerprint density at radius 2 is 2.10 bits per heavy atom. The minimum Gasteiger partial charge on any atom is -0.494 e. The second kappa shape index (κ2) is 7.41. The van der Waals surface area contributed by atoms with Crippen molar-refractivity contribution in [2.24, 2.45) is 5.41 Å². The Bertz CT molecular complexity index is 483. The average molecular weight is 297 g/mol. The number of hydrogen-bond donors (Lipinski definition) is 2. The van der Waals surface area contributed by atoms with Crippen LogP contribution in [0.5, 0.6) is 5.75 Å². The SMILES string of the molecule is COc1ccc(CC(=O)NC(CCO)C(C)(C)C)cc1F. The van der Waals surface area contributed by atoms with E-state index in [0.29, 0.717) is 12.0 Å². The Morgan fingerprint density at radius 1 is 1.43 bits per heavy atom. The molecule has 1 aromatic carbocycles. The Balaban J connectivity index is 2.70. The summed E-state index contributed by atoms with van der Waals surface area (Å²) in [5, 5.41) is 12.0. The highest BCUT2D eigenvalue weighted by Gasteiger charge is 2.25. The minimum absolute atomic E-state index is 0.0133. The average Bonchev–Trinajstić information content (AvgIpc) is 2.37. The molecule has 0 radical (unpaired) electrons. The first-order valence-electron chi connectivity index (χ1n) is 7.00. The zero-order valence-electron chi connectivity index (χ0n) is 13.1. The number of nitrogens with one attached hydrogen (secondary N) is 1. The van der Waals surface area contributed by atoms with E-state index in [-0.39, 0.29) is 36.1 Å². The molecule has 0 saturated carbocycles. The van der Waals surface area contributed by atoms with Crippen molar-refractivity contribution < 1.29 is 19.0 Å². The number of amides is 1. The summed E-state index contributed by atoms with van der Waals surface area (Å²) in [6, 6.07) is 4.35. The number of carbonyl (C=O) groups excluding carboxylic acids is 1. The number of benzene rings is 1. The van der Waals surface area contributed by atoms with E-state index in [0.717, 1.165) is 0 Å². The molecule has 1 unspecified atom stereocenters. The molecule has 2 N–H and O–H groups in total. The molecule has 21 heavy (non-hydrogen) atoms. The Kier molecular flexibility index (Phi) is 6.15. The number of rotatable bonds is 6. The third kappa shape index (κ3) is 5.34. The van der Waals surface area contributed by atoms with Crippen LogP contribution < -0.4 is 10.1 Å². The van der Waals surface area contributed by atoms with Gasteiger partial charge in [0.15, 0.2) is 11.6 Å². The van der Waals surface area contributed by atoms with Crippen LogP contribution in [-0.4, -0.2) is 30.8 Å². The fourth-order valence-corrected chi connectivity index (χ4v) is 2.10. The Labute approximate surface area is 125 Å². The highest BCUT2D eigenvalue weighted by molar-refractivity contribution is 5.79. The lowest BCUT2D eigenvalue weighted by atomic mass is 9.85. The van der Waals surface area contributed by atoms with E-state index in [1.807, 2.05) is 20.8 Å². The molecule has 0 heterocycles. The summed E-state index contributed by atoms with van der Waals surface area (Å²) in [5.74, 6) is -0.509. The Morgan fingerprint density at radius 3 is 2.57 bits per heavy atom. The summed E-state index contributed by atoms with van der Waals surface area (Å²) in [5.41, 5.74) is 0.436. The highest BCUT2D eigenvalue weighted by Crippen LogP contribution is 2.22. The summed E-state index contributed by atoms with van der Waals surface area (Å²) in [6.45, 7) is 6.02. The molecule has 0 saturated heterocycles. The molecule has 1 amide bonds. The maximum absolute atomic E-state index is 13.6. The second-order valence-electron chi connectivity index (χ2n) is 6.14. The fraction of sp³-hybridized carbons (Fsp3) is 0.562. The summed E-state index contributed by atoms with van der Waals surface area (Å²) in [6.07, 6.45) is 0.588. The standard InChI is InChI=1S/C16H24FNO3/c1-16(2,3)14(7-8-19)18-15(20)10-11-5-6-13(21-4)12(17)9-11/h5-6,9,14,19H,7-8,10H2,1-4H3,(H,18,20). The van der Waals surface area contributed by atoms with Crippen molar-refractivity contribution in [2.45, 2.75) is 39.7 Å². The summed E-state index contributed by atoms with van der Waals surface area (Å²) >= 11 is 0. The molecule has 0 aliphatic heterocycles. The lowest BCUT2D eigenvalue weighted by Crippen LogP contribution is -2.44. The van der Waals surface area contributed by atoms with Gasteiger partial charge in [0.1, 0.15) is 0 Å². The van der Waals surface area contributed by atoms with Gasteiger partial charge in [0.2, 0.25) is 5.91 Å². The van der Waals surface area contributed by atoms with Crippen LogP contribution in [0, 0.1) is 11.2 Å². The van der Waals surface area contributed by atoms with Crippen LogP contribution in [0.2, 0.25) is 0 Å². The van der Waals surface area contributed by atoms with Crippen LogP contribution >= 0.6 is 0 Å². The van der Waals surface area contributed by atoms with E-state index in [1.165, 1.54) is 19.2 Å². The number of aliphatic hydroxyl groups excluding tert-OH is 1. The van der Waals surface area contributed by atoms with Gasteiger partial charge in [-0.3, -0.25) is 4.79 Å². The van der Waals surface area contributed by atoms with Crippen molar-refractivity contribution >= 4 is 5.91 Å². The molecule has 1 aromatic rings. The third-order valence-electron chi connectivity index (χ3n) is 3.38. The molecule has 0 fully saturated rings. The molecule has 0 aliphatic carbocycles. The smallest absolute Gasteiger partial charge is 0.224 e. The van der Waals surface area contributed by atoms with Crippen LogP contribution in [0.4, 0.5) is 4.39 Å². The van der Waals surface area contributed by atoms with Gasteiger partial charge < -0.3 is 15.2 Å². The first-order valence-corrected chi connectivity index (χ1v) is 7.00. The number of carbonyl (C=O) groups is 1. The van der Waals surface area contributed by atoms with Crippen molar-refractivity contribution in [3.05, 3.63) is 29.6 Å². The van der Waals surface area contributed by atoms with E-state index < -0.39 is 5.82 Å². The molecule has 0 spiro atoms. The van der Waals surface area contributed by atoms with Gasteiger partial charge in [-0.15, -0.1) is 0 Å². The lowest BCUT2D eigenvalue weighted by Gasteiger charge is -2.31. The zero-order chi connectivity index (χ0) is 16.0. The fourth-order valence-electron chi connectivity index (χ4n) is 2.10. The van der Waals surface area contributed by atoms with E-state index in [2.05, 4.69) is 5.32 Å². The monoisotopic (exact) mass is 297 g/mol. The van der Waals surface area contributed by atoms with Crippen molar-refractivity contribution in [3.8, 4) is 5.75 Å². The van der Waals surface area contributed by atoms with Gasteiger partial charge >= 0.3 is 0 Å². The van der Waals surface area contributed by atoms with Gasteiger partial charge in [-0.05, 0) is 29.5 Å². The molecular weight excluding hydrogens is 273 g/mol. The minimum atomic E-state index is -0.481. The molecule has 0 aliphatic rings. The topological polar surface area (TPSA) is 58.6 Å². The Hall–Kier alpha value is -1.62. The number of aliphatic hydroxyl groups is 1. The van der Waals surface area contributed by atoms with Gasteiger partial charge in [0.25, 0.3) is 0 Å². The van der Waals surface area contributed by atoms with Gasteiger partial charge in [0, 0.05) is 12.6 Å². The second-order valence-corrected chi connectivity index (χ2v) is 6.14. The first kappa shape index (κ1) is 17.4. The predicted octanol–water partition coefficient (Wildman–Crippen LogP) is 2.29. The molecule has 1 rings (SSSR count). The third-order valence-corrected chi connectivity index (χ3v) is 3.38. The summed E-state index contributed by atoms with van der Waals surface area (Å²) in [7, 11) is 1.40. The lowest BCUT2D eigenvalue weighted by molar-refractivity contribution is -0.122. The van der Waals surface area contributed by atoms with Crippen molar-refractivity contribution in [3.63, 3.8) is 0 Å². The predicted molar refractivity (Wildman–Crippen MR) is 79.7 cm³/mol. The number of methoxy groups -OCH3 is 1. The summed E-state index contributed by atoms with van der Waals surface area (Å²) in [4.78, 5) is 12.1. The molecule has 1 atom stereocenters. The van der Waals surface area contributed by atoms with Crippen molar-refractivity contribution in [2.75, 3.05) is 13.7 Å². The molecule has 4 nitrogen and oxygen atoms in total. The first-order chi connectivity index (χ1) is 9.77. The van der Waals surface area contributed by atoms with Gasteiger partial charge in [-0.1, -0.05) is 26.8 Å². The molecular formula is C16H24FNO3. The van der Waals surface area contributed by atoms with E-state index in [9.17, 15) is 9.18 Å². The largest absolute Gasteiger partial charge is 0.494 e. The molecule has 0 aromatic heterocycles. The van der Waals surface area contributed by atoms with E-state index >= 15 is 0 Å². The van der Waals surface area contributed by atoms with Gasteiger partial charge in [-0.2, -0.15) is 0 Å². The van der Waals surface area contributed by atoms with Gasteiger partial charge in [-0.25, -0.2) is 4.39 Å². The van der Waals surface area contributed by atoms with E-state index in [1.54, 1.807) is 6.07 Å². The molecule has 5 heteroatoms. The number of halogens is 1. The number of ether oxygens (including phenoxy) is 1. The van der Waals surface area contributed by atoms with Crippen LogP contribution in [0.15, 0.2) is 18.2 Å². The summed E-state index contributed by atoms with van der Waals surface area (Å²) < 4.78 is 18.4. The highest BCUT2D eigenvalue weighted by atomic mass is 19.1. The zero-order valence-corrected chi connectivity index (χ0v) is 13.1. The normalized spacial score (nSPS) is 12.9. The molecule has 0 bridgehead atoms.